The average molecular weight is 190 g/mol. The highest BCUT2D eigenvalue weighted by molar-refractivity contribution is 7.63. The third-order valence-corrected chi connectivity index (χ3v) is 4.89. The molecule has 0 unspecified atom stereocenters. The zero-order valence-corrected chi connectivity index (χ0v) is 8.22. The number of carboxylic acid groups (broad SMARTS) is 1. The second kappa shape index (κ2) is 3.61. The van der Waals surface area contributed by atoms with Crippen molar-refractivity contribution in [2.75, 3.05) is 19.0 Å². The molecule has 1 saturated heterocycles. The highest BCUT2D eigenvalue weighted by Gasteiger charge is 2.26. The summed E-state index contributed by atoms with van der Waals surface area (Å²) >= 11 is 0. The lowest BCUT2D eigenvalue weighted by molar-refractivity contribution is -0.138. The monoisotopic (exact) mass is 190 g/mol. The number of carboxylic acids is 1. The standard InChI is InChI=1S/C8H15O3P/c1-12(11)4-2-7(3-5-12)6-8(9)10/h7H,2-6H2,1H3,(H,9,10). The van der Waals surface area contributed by atoms with Crippen LogP contribution in [0, 0.1) is 5.92 Å². The summed E-state index contributed by atoms with van der Waals surface area (Å²) < 4.78 is 11.5. The van der Waals surface area contributed by atoms with E-state index in [4.69, 9.17) is 5.11 Å². The van der Waals surface area contributed by atoms with Crippen molar-refractivity contribution in [3.8, 4) is 0 Å². The summed E-state index contributed by atoms with van der Waals surface area (Å²) in [5.74, 6) is -0.461. The molecule has 0 aromatic rings. The first-order chi connectivity index (χ1) is 5.49. The van der Waals surface area contributed by atoms with Gasteiger partial charge in [-0.3, -0.25) is 4.79 Å². The minimum atomic E-state index is -1.86. The molecule has 12 heavy (non-hydrogen) atoms. The van der Waals surface area contributed by atoms with Gasteiger partial charge in [0.15, 0.2) is 0 Å². The molecule has 70 valence electrons. The van der Waals surface area contributed by atoms with E-state index in [0.717, 1.165) is 25.2 Å². The Balaban J connectivity index is 2.36. The lowest BCUT2D eigenvalue weighted by atomic mass is 9.99. The topological polar surface area (TPSA) is 54.4 Å². The maximum Gasteiger partial charge on any atom is 0.303 e. The minimum Gasteiger partial charge on any atom is -0.481 e. The van der Waals surface area contributed by atoms with E-state index >= 15 is 0 Å². The molecule has 1 rings (SSSR count). The van der Waals surface area contributed by atoms with E-state index in [2.05, 4.69) is 0 Å². The fraction of sp³-hybridized carbons (Fsp3) is 0.875. The van der Waals surface area contributed by atoms with E-state index in [-0.39, 0.29) is 12.3 Å². The summed E-state index contributed by atoms with van der Waals surface area (Å²) in [6.45, 7) is 1.82. The number of hydrogen-bond acceptors (Lipinski definition) is 2. The summed E-state index contributed by atoms with van der Waals surface area (Å²) in [7, 11) is -1.86. The number of aliphatic carboxylic acids is 1. The van der Waals surface area contributed by atoms with Gasteiger partial charge >= 0.3 is 5.97 Å². The van der Waals surface area contributed by atoms with E-state index in [1.54, 1.807) is 0 Å². The van der Waals surface area contributed by atoms with Crippen LogP contribution in [0.25, 0.3) is 0 Å². The third kappa shape index (κ3) is 2.98. The zero-order valence-electron chi connectivity index (χ0n) is 7.32. The van der Waals surface area contributed by atoms with Crippen molar-refractivity contribution in [3.63, 3.8) is 0 Å². The van der Waals surface area contributed by atoms with Gasteiger partial charge in [-0.25, -0.2) is 0 Å². The van der Waals surface area contributed by atoms with Crippen LogP contribution in [0.15, 0.2) is 0 Å². The van der Waals surface area contributed by atoms with Crippen molar-refractivity contribution in [1.29, 1.82) is 0 Å². The van der Waals surface area contributed by atoms with Crippen molar-refractivity contribution in [2.45, 2.75) is 19.3 Å². The molecule has 0 spiro atoms. The van der Waals surface area contributed by atoms with Crippen molar-refractivity contribution >= 4 is 13.1 Å². The van der Waals surface area contributed by atoms with Gasteiger partial charge in [-0.15, -0.1) is 0 Å². The van der Waals surface area contributed by atoms with Gasteiger partial charge in [0, 0.05) is 18.7 Å². The van der Waals surface area contributed by atoms with Crippen molar-refractivity contribution in [3.05, 3.63) is 0 Å². The largest absolute Gasteiger partial charge is 0.481 e. The molecule has 1 aliphatic rings. The SMILES string of the molecule is CP1(=O)CCC(CC(=O)O)CC1. The summed E-state index contributed by atoms with van der Waals surface area (Å²) in [5.41, 5.74) is 0. The van der Waals surface area contributed by atoms with E-state index in [1.165, 1.54) is 0 Å². The Morgan fingerprint density at radius 3 is 2.42 bits per heavy atom. The van der Waals surface area contributed by atoms with Crippen LogP contribution in [-0.2, 0) is 9.36 Å². The Morgan fingerprint density at radius 2 is 2.00 bits per heavy atom. The summed E-state index contributed by atoms with van der Waals surface area (Å²) in [4.78, 5) is 10.4. The van der Waals surface area contributed by atoms with Crippen LogP contribution in [0.2, 0.25) is 0 Å². The predicted molar refractivity (Wildman–Crippen MR) is 48.2 cm³/mol. The molecule has 0 aromatic carbocycles. The van der Waals surface area contributed by atoms with Crippen LogP contribution in [0.1, 0.15) is 19.3 Å². The van der Waals surface area contributed by atoms with Gasteiger partial charge in [0.05, 0.1) is 7.14 Å². The van der Waals surface area contributed by atoms with Gasteiger partial charge in [0.25, 0.3) is 0 Å². The predicted octanol–water partition coefficient (Wildman–Crippen LogP) is 1.86. The van der Waals surface area contributed by atoms with Gasteiger partial charge in [0.1, 0.15) is 0 Å². The van der Waals surface area contributed by atoms with Gasteiger partial charge in [-0.05, 0) is 25.4 Å². The van der Waals surface area contributed by atoms with E-state index in [9.17, 15) is 9.36 Å². The Kier molecular flexibility index (Phi) is 2.94. The van der Waals surface area contributed by atoms with Crippen LogP contribution < -0.4 is 0 Å². The molecule has 0 saturated carbocycles. The Labute approximate surface area is 72.5 Å². The van der Waals surface area contributed by atoms with Gasteiger partial charge in [-0.1, -0.05) is 0 Å². The molecule has 1 fully saturated rings. The molecule has 4 heteroatoms. The van der Waals surface area contributed by atoms with Gasteiger partial charge in [0.2, 0.25) is 0 Å². The molecular formula is C8H15O3P. The molecule has 1 N–H and O–H groups in total. The highest BCUT2D eigenvalue weighted by Crippen LogP contribution is 2.48. The van der Waals surface area contributed by atoms with Crippen molar-refractivity contribution in [2.24, 2.45) is 5.92 Å². The summed E-state index contributed by atoms with van der Waals surface area (Å²) in [5, 5.41) is 8.53. The minimum absolute atomic E-state index is 0.250. The molecule has 1 heterocycles. The number of hydrogen-bond donors (Lipinski definition) is 1. The highest BCUT2D eigenvalue weighted by atomic mass is 31.2. The molecule has 0 amide bonds. The van der Waals surface area contributed by atoms with Crippen molar-refractivity contribution < 1.29 is 14.5 Å². The van der Waals surface area contributed by atoms with Gasteiger partial charge in [-0.2, -0.15) is 0 Å². The van der Waals surface area contributed by atoms with Crippen LogP contribution >= 0.6 is 7.14 Å². The Morgan fingerprint density at radius 1 is 1.50 bits per heavy atom. The van der Waals surface area contributed by atoms with E-state index < -0.39 is 13.1 Å². The Hall–Kier alpha value is -0.300. The molecule has 0 radical (unpaired) electrons. The van der Waals surface area contributed by atoms with Crippen LogP contribution in [0.5, 0.6) is 0 Å². The van der Waals surface area contributed by atoms with Crippen LogP contribution in [0.4, 0.5) is 0 Å². The first kappa shape index (κ1) is 9.79. The summed E-state index contributed by atoms with van der Waals surface area (Å²) in [6.07, 6.45) is 3.40. The lowest BCUT2D eigenvalue weighted by Crippen LogP contribution is -2.16. The maximum absolute atomic E-state index is 11.5. The maximum atomic E-state index is 11.5. The molecule has 0 atom stereocenters. The second-order valence-corrected chi connectivity index (χ2v) is 7.27. The zero-order chi connectivity index (χ0) is 9.19. The van der Waals surface area contributed by atoms with Crippen molar-refractivity contribution in [1.82, 2.24) is 0 Å². The van der Waals surface area contributed by atoms with E-state index in [0.29, 0.717) is 0 Å². The number of carbonyl (C=O) groups is 1. The molecule has 1 aliphatic heterocycles. The normalized spacial score (nSPS) is 36.2. The fourth-order valence-electron chi connectivity index (χ4n) is 1.62. The first-order valence-electron chi connectivity index (χ1n) is 4.27. The fourth-order valence-corrected chi connectivity index (χ4v) is 3.66. The molecule has 3 nitrogen and oxygen atoms in total. The first-order valence-corrected chi connectivity index (χ1v) is 6.79. The Bertz CT molecular complexity index is 212. The quantitative estimate of drug-likeness (QED) is 0.676. The number of rotatable bonds is 2. The van der Waals surface area contributed by atoms with E-state index in [1.807, 2.05) is 6.66 Å². The van der Waals surface area contributed by atoms with Crippen LogP contribution in [-0.4, -0.2) is 30.1 Å². The second-order valence-electron chi connectivity index (χ2n) is 3.79. The third-order valence-electron chi connectivity index (χ3n) is 2.48. The molecule has 0 aliphatic carbocycles. The molecular weight excluding hydrogens is 175 g/mol. The molecule has 0 bridgehead atoms. The van der Waals surface area contributed by atoms with Gasteiger partial charge < -0.3 is 9.67 Å². The smallest absolute Gasteiger partial charge is 0.303 e. The lowest BCUT2D eigenvalue weighted by Gasteiger charge is -2.25. The van der Waals surface area contributed by atoms with Crippen LogP contribution in [0.3, 0.4) is 0 Å². The average Bonchev–Trinajstić information content (AvgIpc) is 1.93. The molecule has 0 aromatic heterocycles. The summed E-state index contributed by atoms with van der Waals surface area (Å²) in [6, 6.07) is 0.